The summed E-state index contributed by atoms with van der Waals surface area (Å²) in [5.41, 5.74) is 1.64. The number of hydrogen-bond donors (Lipinski definition) is 0. The largest absolute Gasteiger partial charge is 0.459 e. The highest BCUT2D eigenvalue weighted by Crippen LogP contribution is 2.46. The first-order valence-corrected chi connectivity index (χ1v) is 7.60. The lowest BCUT2D eigenvalue weighted by molar-refractivity contribution is -0.0321. The number of nitrogens with zero attached hydrogens (tertiary/aromatic N) is 2. The lowest BCUT2D eigenvalue weighted by atomic mass is 9.78. The van der Waals surface area contributed by atoms with Crippen molar-refractivity contribution in [2.75, 3.05) is 6.61 Å². The van der Waals surface area contributed by atoms with Gasteiger partial charge in [0.15, 0.2) is 0 Å². The summed E-state index contributed by atoms with van der Waals surface area (Å²) in [7, 11) is 0. The van der Waals surface area contributed by atoms with Crippen molar-refractivity contribution < 1.29 is 9.47 Å². The van der Waals surface area contributed by atoms with Gasteiger partial charge in [-0.2, -0.15) is 4.98 Å². The number of fused-ring (bicyclic) bond motifs is 3. The Labute approximate surface area is 128 Å². The zero-order chi connectivity index (χ0) is 15.1. The normalized spacial score (nSPS) is 25.0. The van der Waals surface area contributed by atoms with Crippen molar-refractivity contribution in [2.45, 2.75) is 32.1 Å². The monoisotopic (exact) mass is 298 g/mol. The van der Waals surface area contributed by atoms with Crippen molar-refractivity contribution in [1.82, 2.24) is 9.55 Å². The predicted molar refractivity (Wildman–Crippen MR) is 80.9 cm³/mol. The molecule has 0 unspecified atom stereocenters. The van der Waals surface area contributed by atoms with Gasteiger partial charge in [0.25, 0.3) is 11.6 Å². The first kappa shape index (κ1) is 13.5. The van der Waals surface area contributed by atoms with Crippen molar-refractivity contribution in [1.29, 1.82) is 0 Å². The molecule has 0 saturated heterocycles. The van der Waals surface area contributed by atoms with E-state index in [1.54, 1.807) is 6.92 Å². The van der Waals surface area contributed by atoms with Crippen LogP contribution in [0.2, 0.25) is 0 Å². The summed E-state index contributed by atoms with van der Waals surface area (Å²) in [4.78, 5) is 15.6. The number of aromatic nitrogens is 2. The molecule has 4 rings (SSSR count). The van der Waals surface area contributed by atoms with Gasteiger partial charge in [0, 0.05) is 17.7 Å². The molecule has 22 heavy (non-hydrogen) atoms. The van der Waals surface area contributed by atoms with Crippen LogP contribution in [0.1, 0.15) is 23.6 Å². The molecule has 1 aliphatic heterocycles. The minimum absolute atomic E-state index is 0.0875. The fourth-order valence-corrected chi connectivity index (χ4v) is 3.21. The summed E-state index contributed by atoms with van der Waals surface area (Å²) in [5, 5.41) is 0. The van der Waals surface area contributed by atoms with Crippen LogP contribution in [0.3, 0.4) is 0 Å². The number of rotatable bonds is 4. The highest BCUT2D eigenvalue weighted by atomic mass is 16.5. The first-order valence-electron chi connectivity index (χ1n) is 7.60. The Morgan fingerprint density at radius 2 is 2.18 bits per heavy atom. The third-order valence-electron chi connectivity index (χ3n) is 4.52. The molecule has 0 spiro atoms. The lowest BCUT2D eigenvalue weighted by Gasteiger charge is -2.38. The zero-order valence-corrected chi connectivity index (χ0v) is 12.4. The van der Waals surface area contributed by atoms with E-state index in [2.05, 4.69) is 17.1 Å². The predicted octanol–water partition coefficient (Wildman–Crippen LogP) is 2.09. The molecule has 1 aromatic carbocycles. The van der Waals surface area contributed by atoms with Crippen LogP contribution in [0.25, 0.3) is 0 Å². The molecule has 114 valence electrons. The third kappa shape index (κ3) is 2.22. The molecule has 2 aromatic rings. The molecule has 5 heteroatoms. The van der Waals surface area contributed by atoms with E-state index >= 15 is 0 Å². The number of benzene rings is 1. The molecule has 1 aliphatic carbocycles. The van der Waals surface area contributed by atoms with Gasteiger partial charge in [-0.1, -0.05) is 30.3 Å². The van der Waals surface area contributed by atoms with Crippen molar-refractivity contribution in [3.05, 3.63) is 58.0 Å². The molecule has 5 nitrogen and oxygen atoms in total. The van der Waals surface area contributed by atoms with Crippen LogP contribution in [-0.4, -0.2) is 22.3 Å². The van der Waals surface area contributed by atoms with E-state index in [0.29, 0.717) is 36.7 Å². The Balaban J connectivity index is 1.36. The Kier molecular flexibility index (Phi) is 3.22. The molecule has 0 bridgehead atoms. The Morgan fingerprint density at radius 1 is 1.36 bits per heavy atom. The van der Waals surface area contributed by atoms with Gasteiger partial charge in [0.1, 0.15) is 6.10 Å². The second-order valence-corrected chi connectivity index (χ2v) is 6.07. The van der Waals surface area contributed by atoms with E-state index in [4.69, 9.17) is 9.47 Å². The van der Waals surface area contributed by atoms with Gasteiger partial charge in [-0.05, 0) is 18.9 Å². The Bertz CT molecular complexity index is 741. The molecule has 0 N–H and O–H groups in total. The van der Waals surface area contributed by atoms with E-state index in [1.807, 2.05) is 29.0 Å². The van der Waals surface area contributed by atoms with Crippen molar-refractivity contribution >= 4 is 0 Å². The van der Waals surface area contributed by atoms with Gasteiger partial charge in [-0.15, -0.1) is 0 Å². The van der Waals surface area contributed by atoms with Gasteiger partial charge in [0.2, 0.25) is 0 Å². The van der Waals surface area contributed by atoms with Crippen LogP contribution in [-0.2, 0) is 11.3 Å². The fraction of sp³-hybridized carbons (Fsp3) is 0.412. The summed E-state index contributed by atoms with van der Waals surface area (Å²) < 4.78 is 13.6. The highest BCUT2D eigenvalue weighted by molar-refractivity contribution is 5.18. The van der Waals surface area contributed by atoms with Crippen molar-refractivity contribution in [3.63, 3.8) is 0 Å². The van der Waals surface area contributed by atoms with Crippen LogP contribution in [0.5, 0.6) is 6.01 Å². The van der Waals surface area contributed by atoms with E-state index in [-0.39, 0.29) is 11.7 Å². The summed E-state index contributed by atoms with van der Waals surface area (Å²) in [6.45, 7) is 3.08. The van der Waals surface area contributed by atoms with Gasteiger partial charge in [-0.25, -0.2) is 0 Å². The van der Waals surface area contributed by atoms with Crippen molar-refractivity contribution in [3.8, 4) is 6.01 Å². The summed E-state index contributed by atoms with van der Waals surface area (Å²) >= 11 is 0. The maximum absolute atomic E-state index is 11.6. The van der Waals surface area contributed by atoms with Gasteiger partial charge in [-0.3, -0.25) is 9.36 Å². The fourth-order valence-electron chi connectivity index (χ4n) is 3.21. The van der Waals surface area contributed by atoms with Gasteiger partial charge < -0.3 is 9.47 Å². The van der Waals surface area contributed by atoms with Crippen LogP contribution in [0, 0.1) is 12.8 Å². The highest BCUT2D eigenvalue weighted by Gasteiger charge is 2.49. The minimum atomic E-state index is -0.204. The molecular weight excluding hydrogens is 280 g/mol. The standard InChI is InChI=1S/C17H18N2O3/c1-11-8-19-14-7-13(15(14)22-17(19)18-16(11)20)10-21-9-12-5-3-2-4-6-12/h2-6,8,13-15H,7,9-10H2,1H3/t13-,14-,15+/m1/s1. The van der Waals surface area contributed by atoms with Crippen molar-refractivity contribution in [2.24, 2.45) is 5.92 Å². The quantitative estimate of drug-likeness (QED) is 0.867. The van der Waals surface area contributed by atoms with E-state index in [0.717, 1.165) is 6.42 Å². The van der Waals surface area contributed by atoms with Crippen LogP contribution < -0.4 is 10.3 Å². The zero-order valence-electron chi connectivity index (χ0n) is 12.4. The lowest BCUT2D eigenvalue weighted by Crippen LogP contribution is -2.44. The number of ether oxygens (including phenoxy) is 2. The summed E-state index contributed by atoms with van der Waals surface area (Å²) in [5.74, 6) is 0.367. The van der Waals surface area contributed by atoms with Gasteiger partial charge in [0.05, 0.1) is 19.3 Å². The number of hydrogen-bond acceptors (Lipinski definition) is 4. The van der Waals surface area contributed by atoms with E-state index in [1.165, 1.54) is 5.56 Å². The first-order chi connectivity index (χ1) is 10.7. The van der Waals surface area contributed by atoms with Crippen LogP contribution >= 0.6 is 0 Å². The summed E-state index contributed by atoms with van der Waals surface area (Å²) in [6, 6.07) is 10.9. The topological polar surface area (TPSA) is 53.4 Å². The second kappa shape index (κ2) is 5.25. The molecule has 0 amide bonds. The maximum Gasteiger partial charge on any atom is 0.300 e. The molecule has 1 aromatic heterocycles. The second-order valence-electron chi connectivity index (χ2n) is 6.07. The Hall–Kier alpha value is -2.14. The molecule has 1 saturated carbocycles. The molecule has 2 aliphatic rings. The average Bonchev–Trinajstić information content (AvgIpc) is 2.78. The smallest absolute Gasteiger partial charge is 0.300 e. The van der Waals surface area contributed by atoms with Crippen LogP contribution in [0.15, 0.2) is 41.3 Å². The van der Waals surface area contributed by atoms with Crippen LogP contribution in [0.4, 0.5) is 0 Å². The SMILES string of the molecule is Cc1cn2c(nc1=O)O[C@H]1[C@@H](COCc3ccccc3)C[C@H]12. The molecule has 2 heterocycles. The third-order valence-corrected chi connectivity index (χ3v) is 4.52. The van der Waals surface area contributed by atoms with E-state index in [9.17, 15) is 4.79 Å². The van der Waals surface area contributed by atoms with Gasteiger partial charge >= 0.3 is 0 Å². The Morgan fingerprint density at radius 3 is 3.00 bits per heavy atom. The number of aryl methyl sites for hydroxylation is 1. The summed E-state index contributed by atoms with van der Waals surface area (Å²) in [6.07, 6.45) is 2.96. The molecule has 3 atom stereocenters. The maximum atomic E-state index is 11.6. The minimum Gasteiger partial charge on any atom is -0.459 e. The molecular formula is C17H18N2O3. The average molecular weight is 298 g/mol. The molecule has 0 radical (unpaired) electrons. The molecule has 1 fully saturated rings. The van der Waals surface area contributed by atoms with E-state index < -0.39 is 0 Å².